The third-order valence-electron chi connectivity index (χ3n) is 5.07. The van der Waals surface area contributed by atoms with Crippen LogP contribution in [0.2, 0.25) is 0 Å². The normalized spacial score (nSPS) is 11.1. The zero-order valence-electron chi connectivity index (χ0n) is 18.8. The maximum Gasteiger partial charge on any atom is 0.329 e. The summed E-state index contributed by atoms with van der Waals surface area (Å²) >= 11 is 1.09. The molecule has 4 rings (SSSR count). The second-order valence-electron chi connectivity index (χ2n) is 7.44. The molecular weight excluding hydrogens is 470 g/mol. The van der Waals surface area contributed by atoms with Crippen molar-refractivity contribution in [2.45, 2.75) is 5.16 Å². The maximum atomic E-state index is 12.4. The summed E-state index contributed by atoms with van der Waals surface area (Å²) < 4.78 is 6.05. The molecule has 10 nitrogen and oxygen atoms in total. The van der Waals surface area contributed by atoms with Gasteiger partial charge in [-0.25, -0.2) is 9.78 Å². The van der Waals surface area contributed by atoms with Gasteiger partial charge in [-0.2, -0.15) is 0 Å². The number of carbonyl (C=O) groups is 2. The van der Waals surface area contributed by atoms with Crippen molar-refractivity contribution in [3.05, 3.63) is 86.6 Å². The lowest BCUT2D eigenvalue weighted by molar-refractivity contribution is -0.113. The number of amides is 1. The molecule has 0 unspecified atom stereocenters. The van der Waals surface area contributed by atoms with Crippen LogP contribution in [-0.2, 0) is 11.8 Å². The number of aromatic nitrogens is 4. The quantitative estimate of drug-likeness (QED) is 0.196. The van der Waals surface area contributed by atoms with Crippen molar-refractivity contribution in [2.24, 2.45) is 7.05 Å². The van der Waals surface area contributed by atoms with Crippen molar-refractivity contribution in [3.8, 4) is 5.75 Å². The lowest BCUT2D eigenvalue weighted by atomic mass is 10.1. The standard InChI is InChI=1S/C24H21N5O5S/c1-29-22(32)20-21(28-24(29)33)27-23(26-20)35-13-19(31)25-16-8-6-15(7-9-16)18(30)12-5-14-3-10-17(34-2)11-4-14/h3-12H,13H2,1-2H3,(H,25,31)(H,26,27)(H,28,33)/b12-5+. The van der Waals surface area contributed by atoms with Crippen molar-refractivity contribution >= 4 is 46.4 Å². The van der Waals surface area contributed by atoms with E-state index in [1.807, 2.05) is 24.3 Å². The topological polar surface area (TPSA) is 139 Å². The highest BCUT2D eigenvalue weighted by Gasteiger charge is 2.12. The van der Waals surface area contributed by atoms with Crippen LogP contribution < -0.4 is 21.3 Å². The average Bonchev–Trinajstić information content (AvgIpc) is 3.28. The number of carbonyl (C=O) groups excluding carboxylic acids is 2. The minimum absolute atomic E-state index is 0.0235. The number of nitrogens with one attached hydrogen (secondary N) is 3. The molecule has 4 aromatic rings. The van der Waals surface area contributed by atoms with Crippen LogP contribution in [0.4, 0.5) is 5.69 Å². The Morgan fingerprint density at radius 2 is 1.80 bits per heavy atom. The van der Waals surface area contributed by atoms with Gasteiger partial charge in [-0.05, 0) is 48.0 Å². The summed E-state index contributed by atoms with van der Waals surface area (Å²) in [6.45, 7) is 0. The van der Waals surface area contributed by atoms with E-state index in [0.717, 1.165) is 27.6 Å². The van der Waals surface area contributed by atoms with E-state index in [-0.39, 0.29) is 28.6 Å². The van der Waals surface area contributed by atoms with Crippen LogP contribution in [0.25, 0.3) is 17.2 Å². The third kappa shape index (κ3) is 5.58. The van der Waals surface area contributed by atoms with Gasteiger partial charge in [0, 0.05) is 18.3 Å². The number of hydrogen-bond donors (Lipinski definition) is 3. The highest BCUT2D eigenvalue weighted by molar-refractivity contribution is 7.99. The van der Waals surface area contributed by atoms with Crippen LogP contribution >= 0.6 is 11.8 Å². The number of anilines is 1. The van der Waals surface area contributed by atoms with E-state index in [0.29, 0.717) is 16.4 Å². The van der Waals surface area contributed by atoms with E-state index in [1.165, 1.54) is 13.1 Å². The Kier molecular flexibility index (Phi) is 6.97. The molecule has 0 saturated heterocycles. The molecule has 2 aromatic heterocycles. The fourth-order valence-corrected chi connectivity index (χ4v) is 3.81. The minimum Gasteiger partial charge on any atom is -0.497 e. The summed E-state index contributed by atoms with van der Waals surface area (Å²) in [6.07, 6.45) is 3.21. The number of ketones is 1. The Balaban J connectivity index is 1.33. The molecule has 0 saturated carbocycles. The second-order valence-corrected chi connectivity index (χ2v) is 8.41. The van der Waals surface area contributed by atoms with Gasteiger partial charge in [-0.1, -0.05) is 30.0 Å². The number of ether oxygens (including phenoxy) is 1. The molecule has 0 spiro atoms. The van der Waals surface area contributed by atoms with E-state index in [4.69, 9.17) is 4.74 Å². The maximum absolute atomic E-state index is 12.4. The first-order chi connectivity index (χ1) is 16.8. The smallest absolute Gasteiger partial charge is 0.329 e. The number of methoxy groups -OCH3 is 1. The number of hydrogen-bond acceptors (Lipinski definition) is 7. The van der Waals surface area contributed by atoms with Crippen molar-refractivity contribution < 1.29 is 14.3 Å². The summed E-state index contributed by atoms with van der Waals surface area (Å²) in [6, 6.07) is 13.9. The first kappa shape index (κ1) is 23.8. The SMILES string of the molecule is COc1ccc(/C=C/C(=O)c2ccc(NC(=O)CSc3nc4[nH]c(=O)n(C)c(=O)c4[nH]3)cc2)cc1. The zero-order chi connectivity index (χ0) is 24.9. The van der Waals surface area contributed by atoms with Gasteiger partial charge in [-0.3, -0.25) is 23.9 Å². The van der Waals surface area contributed by atoms with Gasteiger partial charge in [-0.15, -0.1) is 0 Å². The van der Waals surface area contributed by atoms with Crippen molar-refractivity contribution in [2.75, 3.05) is 18.2 Å². The Hall–Kier alpha value is -4.38. The fraction of sp³-hybridized carbons (Fsp3) is 0.125. The molecule has 35 heavy (non-hydrogen) atoms. The lowest BCUT2D eigenvalue weighted by Crippen LogP contribution is -2.32. The molecule has 0 aliphatic rings. The largest absolute Gasteiger partial charge is 0.497 e. The van der Waals surface area contributed by atoms with Gasteiger partial charge in [0.05, 0.1) is 12.9 Å². The number of benzene rings is 2. The molecular formula is C24H21N5O5S. The number of nitrogens with zero attached hydrogens (tertiary/aromatic N) is 2. The van der Waals surface area contributed by atoms with Crippen LogP contribution in [-0.4, -0.2) is 44.1 Å². The van der Waals surface area contributed by atoms with Crippen molar-refractivity contribution in [1.29, 1.82) is 0 Å². The molecule has 2 aromatic carbocycles. The molecule has 0 bridgehead atoms. The molecule has 11 heteroatoms. The third-order valence-corrected chi connectivity index (χ3v) is 5.94. The average molecular weight is 492 g/mol. The monoisotopic (exact) mass is 491 g/mol. The van der Waals surface area contributed by atoms with Gasteiger partial charge < -0.3 is 15.0 Å². The molecule has 0 radical (unpaired) electrons. The molecule has 178 valence electrons. The van der Waals surface area contributed by atoms with E-state index < -0.39 is 11.2 Å². The predicted molar refractivity (Wildman–Crippen MR) is 134 cm³/mol. The van der Waals surface area contributed by atoms with Crippen LogP contribution in [0.5, 0.6) is 5.75 Å². The van der Waals surface area contributed by atoms with Crippen molar-refractivity contribution in [3.63, 3.8) is 0 Å². The molecule has 0 aliphatic carbocycles. The second kappa shape index (κ2) is 10.3. The summed E-state index contributed by atoms with van der Waals surface area (Å²) in [4.78, 5) is 58.0. The Morgan fingerprint density at radius 3 is 2.49 bits per heavy atom. The number of aromatic amines is 2. The van der Waals surface area contributed by atoms with Crippen LogP contribution in [0.1, 0.15) is 15.9 Å². The first-order valence-corrected chi connectivity index (χ1v) is 11.4. The molecule has 0 atom stereocenters. The van der Waals surface area contributed by atoms with Crippen LogP contribution in [0, 0.1) is 0 Å². The van der Waals surface area contributed by atoms with Gasteiger partial charge in [0.2, 0.25) is 5.91 Å². The van der Waals surface area contributed by atoms with Gasteiger partial charge in [0.1, 0.15) is 5.75 Å². The number of thioether (sulfide) groups is 1. The number of imidazole rings is 1. The van der Waals surface area contributed by atoms with E-state index in [2.05, 4.69) is 20.3 Å². The number of fused-ring (bicyclic) bond motifs is 1. The summed E-state index contributed by atoms with van der Waals surface area (Å²) in [7, 11) is 2.95. The first-order valence-electron chi connectivity index (χ1n) is 10.4. The predicted octanol–water partition coefficient (Wildman–Crippen LogP) is 2.59. The number of allylic oxidation sites excluding steroid dienone is 1. The highest BCUT2D eigenvalue weighted by Crippen LogP contribution is 2.17. The summed E-state index contributed by atoms with van der Waals surface area (Å²) in [5, 5.41) is 3.08. The van der Waals surface area contributed by atoms with Gasteiger partial charge in [0.15, 0.2) is 22.1 Å². The summed E-state index contributed by atoms with van der Waals surface area (Å²) in [5.74, 6) is 0.304. The molecule has 0 aliphatic heterocycles. The Bertz CT molecular complexity index is 1530. The lowest BCUT2D eigenvalue weighted by Gasteiger charge is -2.05. The van der Waals surface area contributed by atoms with Crippen molar-refractivity contribution in [1.82, 2.24) is 19.5 Å². The Morgan fingerprint density at radius 1 is 1.09 bits per heavy atom. The number of rotatable bonds is 8. The fourth-order valence-electron chi connectivity index (χ4n) is 3.14. The minimum atomic E-state index is -0.568. The molecule has 3 N–H and O–H groups in total. The van der Waals surface area contributed by atoms with Crippen LogP contribution in [0.15, 0.2) is 69.4 Å². The molecule has 1 amide bonds. The van der Waals surface area contributed by atoms with Crippen LogP contribution in [0.3, 0.4) is 0 Å². The van der Waals surface area contributed by atoms with Gasteiger partial charge >= 0.3 is 5.69 Å². The Labute approximate surface area is 203 Å². The zero-order valence-corrected chi connectivity index (χ0v) is 19.6. The highest BCUT2D eigenvalue weighted by atomic mass is 32.2. The summed E-state index contributed by atoms with van der Waals surface area (Å²) in [5.41, 5.74) is 1.13. The molecule has 2 heterocycles. The van der Waals surface area contributed by atoms with E-state index >= 15 is 0 Å². The molecule has 0 fully saturated rings. The van der Waals surface area contributed by atoms with E-state index in [9.17, 15) is 19.2 Å². The van der Waals surface area contributed by atoms with Gasteiger partial charge in [0.25, 0.3) is 5.56 Å². The van der Waals surface area contributed by atoms with E-state index in [1.54, 1.807) is 37.5 Å². The number of H-pyrrole nitrogens is 2.